The maximum Gasteiger partial charge on any atom is 0.0891 e. The largest absolute Gasteiger partial charge is 0.381 e. The third-order valence-electron chi connectivity index (χ3n) is 4.14. The van der Waals surface area contributed by atoms with Crippen LogP contribution in [0.25, 0.3) is 0 Å². The number of methoxy groups -OCH3 is 1. The Morgan fingerprint density at radius 1 is 1.32 bits per heavy atom. The molecule has 2 rings (SSSR count). The quantitative estimate of drug-likeness (QED) is 0.626. The summed E-state index contributed by atoms with van der Waals surface area (Å²) >= 11 is 0. The standard InChI is InChI=1S/C15H24N2O2/c1-12-3-5-13(6-4-12)11-14(17-16)15(18-2)7-9-19-10-8-15/h3-6,14,17H,7-11,16H2,1-2H3. The first-order valence-corrected chi connectivity index (χ1v) is 6.85. The molecule has 1 unspecified atom stereocenters. The fourth-order valence-electron chi connectivity index (χ4n) is 2.77. The van der Waals surface area contributed by atoms with Crippen LogP contribution in [0.15, 0.2) is 24.3 Å². The zero-order chi connectivity index (χ0) is 13.7. The van der Waals surface area contributed by atoms with E-state index in [4.69, 9.17) is 15.3 Å². The van der Waals surface area contributed by atoms with E-state index < -0.39 is 0 Å². The lowest BCUT2D eigenvalue weighted by Crippen LogP contribution is -2.58. The van der Waals surface area contributed by atoms with Crippen molar-refractivity contribution in [3.8, 4) is 0 Å². The van der Waals surface area contributed by atoms with Gasteiger partial charge in [-0.2, -0.15) is 0 Å². The van der Waals surface area contributed by atoms with Crippen molar-refractivity contribution in [3.05, 3.63) is 35.4 Å². The van der Waals surface area contributed by atoms with Crippen LogP contribution in [0.3, 0.4) is 0 Å². The number of hydrogen-bond acceptors (Lipinski definition) is 4. The fourth-order valence-corrected chi connectivity index (χ4v) is 2.77. The average molecular weight is 264 g/mol. The molecular formula is C15H24N2O2. The van der Waals surface area contributed by atoms with Crippen LogP contribution >= 0.6 is 0 Å². The van der Waals surface area contributed by atoms with Gasteiger partial charge in [-0.15, -0.1) is 0 Å². The van der Waals surface area contributed by atoms with Crippen LogP contribution in [0.5, 0.6) is 0 Å². The van der Waals surface area contributed by atoms with E-state index in [1.54, 1.807) is 7.11 Å². The molecule has 0 radical (unpaired) electrons. The molecule has 19 heavy (non-hydrogen) atoms. The molecule has 0 spiro atoms. The lowest BCUT2D eigenvalue weighted by atomic mass is 9.83. The minimum Gasteiger partial charge on any atom is -0.381 e. The third kappa shape index (κ3) is 3.34. The molecule has 3 N–H and O–H groups in total. The summed E-state index contributed by atoms with van der Waals surface area (Å²) in [6.45, 7) is 3.57. The van der Waals surface area contributed by atoms with E-state index >= 15 is 0 Å². The Labute approximate surface area is 115 Å². The summed E-state index contributed by atoms with van der Waals surface area (Å²) in [7, 11) is 1.77. The molecule has 1 aromatic carbocycles. The Kier molecular flexibility index (Phi) is 4.93. The molecule has 0 aromatic heterocycles. The molecule has 1 heterocycles. The number of hydrazine groups is 1. The molecule has 1 atom stereocenters. The van der Waals surface area contributed by atoms with Gasteiger partial charge >= 0.3 is 0 Å². The molecule has 0 saturated carbocycles. The van der Waals surface area contributed by atoms with Crippen LogP contribution < -0.4 is 11.3 Å². The van der Waals surface area contributed by atoms with E-state index in [1.165, 1.54) is 11.1 Å². The maximum absolute atomic E-state index is 5.81. The Hall–Kier alpha value is -0.940. The van der Waals surface area contributed by atoms with Crippen molar-refractivity contribution in [1.29, 1.82) is 0 Å². The lowest BCUT2D eigenvalue weighted by molar-refractivity contribution is -0.110. The normalized spacial score (nSPS) is 20.2. The van der Waals surface area contributed by atoms with Gasteiger partial charge in [0.1, 0.15) is 0 Å². The first-order chi connectivity index (χ1) is 9.20. The molecular weight excluding hydrogens is 240 g/mol. The van der Waals surface area contributed by atoms with Gasteiger partial charge in [-0.1, -0.05) is 29.8 Å². The van der Waals surface area contributed by atoms with Gasteiger partial charge < -0.3 is 9.47 Å². The monoisotopic (exact) mass is 264 g/mol. The predicted molar refractivity (Wildman–Crippen MR) is 75.8 cm³/mol. The van der Waals surface area contributed by atoms with Crippen LogP contribution in [0.2, 0.25) is 0 Å². The highest BCUT2D eigenvalue weighted by Gasteiger charge is 2.40. The van der Waals surface area contributed by atoms with Crippen LogP contribution in [-0.2, 0) is 15.9 Å². The zero-order valence-electron chi connectivity index (χ0n) is 11.8. The van der Waals surface area contributed by atoms with Gasteiger partial charge in [-0.05, 0) is 18.9 Å². The average Bonchev–Trinajstić information content (AvgIpc) is 2.47. The second-order valence-corrected chi connectivity index (χ2v) is 5.29. The molecule has 0 aliphatic carbocycles. The molecule has 1 fully saturated rings. The second-order valence-electron chi connectivity index (χ2n) is 5.29. The third-order valence-corrected chi connectivity index (χ3v) is 4.14. The van der Waals surface area contributed by atoms with Gasteiger partial charge in [0, 0.05) is 33.2 Å². The maximum atomic E-state index is 5.81. The minimum atomic E-state index is -0.224. The van der Waals surface area contributed by atoms with E-state index in [-0.39, 0.29) is 11.6 Å². The molecule has 4 nitrogen and oxygen atoms in total. The van der Waals surface area contributed by atoms with E-state index in [1.807, 2.05) is 0 Å². The van der Waals surface area contributed by atoms with Gasteiger partial charge in [0.25, 0.3) is 0 Å². The molecule has 106 valence electrons. The molecule has 4 heteroatoms. The number of hydrogen-bond donors (Lipinski definition) is 2. The summed E-state index contributed by atoms with van der Waals surface area (Å²) in [5.74, 6) is 5.77. The lowest BCUT2D eigenvalue weighted by Gasteiger charge is -2.42. The van der Waals surface area contributed by atoms with Crippen molar-refractivity contribution in [2.24, 2.45) is 5.84 Å². The van der Waals surface area contributed by atoms with E-state index in [2.05, 4.69) is 36.6 Å². The summed E-state index contributed by atoms with van der Waals surface area (Å²) in [4.78, 5) is 0. The summed E-state index contributed by atoms with van der Waals surface area (Å²) in [6, 6.07) is 8.67. The van der Waals surface area contributed by atoms with E-state index in [0.717, 1.165) is 32.5 Å². The number of ether oxygens (including phenoxy) is 2. The predicted octanol–water partition coefficient (Wildman–Crippen LogP) is 1.57. The minimum absolute atomic E-state index is 0.101. The van der Waals surface area contributed by atoms with Crippen molar-refractivity contribution in [3.63, 3.8) is 0 Å². The van der Waals surface area contributed by atoms with Crippen LogP contribution in [-0.4, -0.2) is 32.0 Å². The molecule has 0 bridgehead atoms. The molecule has 1 aliphatic heterocycles. The molecule has 1 aliphatic rings. The van der Waals surface area contributed by atoms with E-state index in [0.29, 0.717) is 0 Å². The Balaban J connectivity index is 2.11. The highest BCUT2D eigenvalue weighted by Crippen LogP contribution is 2.29. The molecule has 0 amide bonds. The Morgan fingerprint density at radius 3 is 2.47 bits per heavy atom. The van der Waals surface area contributed by atoms with Gasteiger partial charge in [0.05, 0.1) is 11.6 Å². The summed E-state index contributed by atoms with van der Waals surface area (Å²) in [5.41, 5.74) is 5.27. The Morgan fingerprint density at radius 2 is 1.95 bits per heavy atom. The summed E-state index contributed by atoms with van der Waals surface area (Å²) < 4.78 is 11.2. The number of nitrogens with one attached hydrogen (secondary N) is 1. The second kappa shape index (κ2) is 6.48. The number of rotatable bonds is 5. The van der Waals surface area contributed by atoms with Gasteiger partial charge in [-0.3, -0.25) is 11.3 Å². The summed E-state index contributed by atoms with van der Waals surface area (Å²) in [6.07, 6.45) is 2.62. The van der Waals surface area contributed by atoms with Gasteiger partial charge in [0.2, 0.25) is 0 Å². The van der Waals surface area contributed by atoms with Crippen LogP contribution in [0.4, 0.5) is 0 Å². The van der Waals surface area contributed by atoms with Crippen molar-refractivity contribution in [2.45, 2.75) is 37.8 Å². The number of nitrogens with two attached hydrogens (primary N) is 1. The van der Waals surface area contributed by atoms with Crippen molar-refractivity contribution in [1.82, 2.24) is 5.43 Å². The number of benzene rings is 1. The topological polar surface area (TPSA) is 56.5 Å². The highest BCUT2D eigenvalue weighted by atomic mass is 16.5. The molecule has 1 aromatic rings. The SMILES string of the molecule is COC1(C(Cc2ccc(C)cc2)NN)CCOCC1. The summed E-state index contributed by atoms with van der Waals surface area (Å²) in [5, 5.41) is 0. The van der Waals surface area contributed by atoms with Crippen molar-refractivity contribution in [2.75, 3.05) is 20.3 Å². The van der Waals surface area contributed by atoms with Crippen molar-refractivity contribution >= 4 is 0 Å². The van der Waals surface area contributed by atoms with Crippen molar-refractivity contribution < 1.29 is 9.47 Å². The Bertz CT molecular complexity index is 386. The fraction of sp³-hybridized carbons (Fsp3) is 0.600. The van der Waals surface area contributed by atoms with Crippen LogP contribution in [0.1, 0.15) is 24.0 Å². The van der Waals surface area contributed by atoms with Crippen LogP contribution in [0, 0.1) is 6.92 Å². The van der Waals surface area contributed by atoms with Gasteiger partial charge in [-0.25, -0.2) is 0 Å². The van der Waals surface area contributed by atoms with Gasteiger partial charge in [0.15, 0.2) is 0 Å². The number of aryl methyl sites for hydroxylation is 1. The highest BCUT2D eigenvalue weighted by molar-refractivity contribution is 5.22. The first-order valence-electron chi connectivity index (χ1n) is 6.85. The smallest absolute Gasteiger partial charge is 0.0891 e. The molecule has 1 saturated heterocycles. The van der Waals surface area contributed by atoms with E-state index in [9.17, 15) is 0 Å². The zero-order valence-corrected chi connectivity index (χ0v) is 11.8. The first kappa shape index (κ1) is 14.5.